The molecule has 142 valence electrons. The summed E-state index contributed by atoms with van der Waals surface area (Å²) in [4.78, 5) is 26.2. The summed E-state index contributed by atoms with van der Waals surface area (Å²) in [5.41, 5.74) is 0.681. The van der Waals surface area contributed by atoms with Crippen LogP contribution in [-0.4, -0.2) is 18.4 Å². The number of alkyl halides is 3. The molecule has 1 heterocycles. The molecule has 1 N–H and O–H groups in total. The van der Waals surface area contributed by atoms with Gasteiger partial charge in [0.05, 0.1) is 22.2 Å². The fourth-order valence-corrected chi connectivity index (χ4v) is 3.05. The summed E-state index contributed by atoms with van der Waals surface area (Å²) in [6.45, 7) is 2.08. The normalized spacial score (nSPS) is 17.3. The predicted molar refractivity (Wildman–Crippen MR) is 96.7 cm³/mol. The first kappa shape index (κ1) is 19.2. The van der Waals surface area contributed by atoms with Gasteiger partial charge in [0, 0.05) is 18.7 Å². The van der Waals surface area contributed by atoms with Gasteiger partial charge in [0.25, 0.3) is 0 Å². The van der Waals surface area contributed by atoms with Crippen molar-refractivity contribution in [1.29, 1.82) is 0 Å². The molecule has 0 saturated carbocycles. The zero-order valence-corrected chi connectivity index (χ0v) is 15.1. The zero-order chi connectivity index (χ0) is 19.8. The third-order valence-corrected chi connectivity index (χ3v) is 4.72. The Kier molecular flexibility index (Phi) is 5.15. The minimum Gasteiger partial charge on any atom is -0.324 e. The van der Waals surface area contributed by atoms with Crippen LogP contribution in [0.15, 0.2) is 42.5 Å². The summed E-state index contributed by atoms with van der Waals surface area (Å²) in [6.07, 6.45) is -4.56. The highest BCUT2D eigenvalue weighted by atomic mass is 35.5. The fourth-order valence-electron chi connectivity index (χ4n) is 2.89. The SMILES string of the molecule is Cc1ccc(N2C[C@H](C(=O)Nc3cc(C(F)(F)F)ccc3Cl)CC2=O)cc1. The number of hydrogen-bond acceptors (Lipinski definition) is 2. The zero-order valence-electron chi connectivity index (χ0n) is 14.3. The van der Waals surface area contributed by atoms with Crippen LogP contribution in [0, 0.1) is 12.8 Å². The second-order valence-corrected chi connectivity index (χ2v) is 6.83. The number of amides is 2. The molecule has 27 heavy (non-hydrogen) atoms. The molecule has 2 aromatic rings. The van der Waals surface area contributed by atoms with Crippen LogP contribution in [-0.2, 0) is 15.8 Å². The van der Waals surface area contributed by atoms with Gasteiger partial charge < -0.3 is 10.2 Å². The molecule has 4 nitrogen and oxygen atoms in total. The third-order valence-electron chi connectivity index (χ3n) is 4.39. The highest BCUT2D eigenvalue weighted by molar-refractivity contribution is 6.33. The second-order valence-electron chi connectivity index (χ2n) is 6.42. The molecule has 8 heteroatoms. The summed E-state index contributed by atoms with van der Waals surface area (Å²) in [5, 5.41) is 2.41. The first-order valence-electron chi connectivity index (χ1n) is 8.20. The number of nitrogens with one attached hydrogen (secondary N) is 1. The van der Waals surface area contributed by atoms with E-state index in [1.165, 1.54) is 4.90 Å². The Morgan fingerprint density at radius 3 is 2.48 bits per heavy atom. The predicted octanol–water partition coefficient (Wildman–Crippen LogP) is 4.66. The molecule has 2 amide bonds. The molecule has 1 fully saturated rings. The van der Waals surface area contributed by atoms with Crippen LogP contribution in [0.1, 0.15) is 17.5 Å². The van der Waals surface area contributed by atoms with E-state index in [1.54, 1.807) is 12.1 Å². The van der Waals surface area contributed by atoms with E-state index < -0.39 is 23.6 Å². The Bertz CT molecular complexity index is 882. The lowest BCUT2D eigenvalue weighted by molar-refractivity contribution is -0.137. The molecule has 3 rings (SSSR count). The smallest absolute Gasteiger partial charge is 0.324 e. The fraction of sp³-hybridized carbons (Fsp3) is 0.263. The van der Waals surface area contributed by atoms with Gasteiger partial charge in [0.2, 0.25) is 11.8 Å². The van der Waals surface area contributed by atoms with Crippen molar-refractivity contribution in [2.75, 3.05) is 16.8 Å². The van der Waals surface area contributed by atoms with Crippen molar-refractivity contribution in [3.8, 4) is 0 Å². The van der Waals surface area contributed by atoms with E-state index in [-0.39, 0.29) is 29.6 Å². The van der Waals surface area contributed by atoms with Crippen molar-refractivity contribution < 1.29 is 22.8 Å². The summed E-state index contributed by atoms with van der Waals surface area (Å²) in [6, 6.07) is 10.0. The number of anilines is 2. The van der Waals surface area contributed by atoms with Gasteiger partial charge in [0.1, 0.15) is 0 Å². The van der Waals surface area contributed by atoms with E-state index in [0.29, 0.717) is 5.69 Å². The van der Waals surface area contributed by atoms with Gasteiger partial charge in [0.15, 0.2) is 0 Å². The van der Waals surface area contributed by atoms with Crippen LogP contribution in [0.5, 0.6) is 0 Å². The van der Waals surface area contributed by atoms with Crippen LogP contribution in [0.3, 0.4) is 0 Å². The van der Waals surface area contributed by atoms with Crippen LogP contribution in [0.4, 0.5) is 24.5 Å². The summed E-state index contributed by atoms with van der Waals surface area (Å²) >= 11 is 5.91. The van der Waals surface area contributed by atoms with Crippen molar-refractivity contribution in [3.05, 3.63) is 58.6 Å². The van der Waals surface area contributed by atoms with Gasteiger partial charge in [-0.1, -0.05) is 29.3 Å². The number of hydrogen-bond donors (Lipinski definition) is 1. The molecule has 1 aliphatic rings. The van der Waals surface area contributed by atoms with Gasteiger partial charge in [-0.15, -0.1) is 0 Å². The molecule has 0 radical (unpaired) electrons. The Hall–Kier alpha value is -2.54. The average Bonchev–Trinajstić information content (AvgIpc) is 2.98. The molecule has 0 aromatic heterocycles. The molecule has 0 spiro atoms. The highest BCUT2D eigenvalue weighted by Crippen LogP contribution is 2.34. The average molecular weight is 397 g/mol. The van der Waals surface area contributed by atoms with Crippen molar-refractivity contribution >= 4 is 34.8 Å². The van der Waals surface area contributed by atoms with E-state index in [0.717, 1.165) is 23.8 Å². The first-order chi connectivity index (χ1) is 12.6. The van der Waals surface area contributed by atoms with Crippen LogP contribution >= 0.6 is 11.6 Å². The lowest BCUT2D eigenvalue weighted by Crippen LogP contribution is -2.28. The van der Waals surface area contributed by atoms with Crippen LogP contribution in [0.2, 0.25) is 5.02 Å². The standard InChI is InChI=1S/C19H16ClF3N2O2/c1-11-2-5-14(6-3-11)25-10-12(8-17(25)26)18(27)24-16-9-13(19(21,22)23)4-7-15(16)20/h2-7,9,12H,8,10H2,1H3,(H,24,27)/t12-/m1/s1. The molecule has 1 atom stereocenters. The molecule has 1 saturated heterocycles. The highest BCUT2D eigenvalue weighted by Gasteiger charge is 2.36. The lowest BCUT2D eigenvalue weighted by Gasteiger charge is -2.17. The molecule has 2 aromatic carbocycles. The Morgan fingerprint density at radius 1 is 1.19 bits per heavy atom. The first-order valence-corrected chi connectivity index (χ1v) is 8.57. The Balaban J connectivity index is 1.74. The Morgan fingerprint density at radius 2 is 1.85 bits per heavy atom. The van der Waals surface area contributed by atoms with Crippen molar-refractivity contribution in [2.45, 2.75) is 19.5 Å². The number of rotatable bonds is 3. The maximum atomic E-state index is 12.8. The van der Waals surface area contributed by atoms with Crippen molar-refractivity contribution in [3.63, 3.8) is 0 Å². The van der Waals surface area contributed by atoms with E-state index in [2.05, 4.69) is 5.32 Å². The van der Waals surface area contributed by atoms with Crippen LogP contribution < -0.4 is 10.2 Å². The lowest BCUT2D eigenvalue weighted by atomic mass is 10.1. The molecular formula is C19H16ClF3N2O2. The van der Waals surface area contributed by atoms with Gasteiger partial charge in [-0.05, 0) is 37.3 Å². The van der Waals surface area contributed by atoms with Crippen LogP contribution in [0.25, 0.3) is 0 Å². The maximum absolute atomic E-state index is 12.8. The van der Waals surface area contributed by atoms with E-state index in [9.17, 15) is 22.8 Å². The topological polar surface area (TPSA) is 49.4 Å². The molecular weight excluding hydrogens is 381 g/mol. The van der Waals surface area contributed by atoms with Gasteiger partial charge in [-0.25, -0.2) is 0 Å². The number of carbonyl (C=O) groups is 2. The van der Waals surface area contributed by atoms with Gasteiger partial charge in [-0.3, -0.25) is 9.59 Å². The third kappa shape index (κ3) is 4.24. The van der Waals surface area contributed by atoms with Gasteiger partial charge >= 0.3 is 6.18 Å². The second kappa shape index (κ2) is 7.23. The molecule has 0 unspecified atom stereocenters. The number of nitrogens with zero attached hydrogens (tertiary/aromatic N) is 1. The van der Waals surface area contributed by atoms with E-state index >= 15 is 0 Å². The van der Waals surface area contributed by atoms with E-state index in [1.807, 2.05) is 19.1 Å². The van der Waals surface area contributed by atoms with E-state index in [4.69, 9.17) is 11.6 Å². The van der Waals surface area contributed by atoms with Crippen molar-refractivity contribution in [2.24, 2.45) is 5.92 Å². The Labute approximate surface area is 158 Å². The number of aryl methyl sites for hydroxylation is 1. The van der Waals surface area contributed by atoms with Gasteiger partial charge in [-0.2, -0.15) is 13.2 Å². The van der Waals surface area contributed by atoms with Crippen molar-refractivity contribution in [1.82, 2.24) is 0 Å². The minimum absolute atomic E-state index is 0.00364. The summed E-state index contributed by atoms with van der Waals surface area (Å²) < 4.78 is 38.5. The summed E-state index contributed by atoms with van der Waals surface area (Å²) in [5.74, 6) is -1.43. The molecule has 0 aliphatic carbocycles. The monoisotopic (exact) mass is 396 g/mol. The largest absolute Gasteiger partial charge is 0.416 e. The quantitative estimate of drug-likeness (QED) is 0.820. The number of benzene rings is 2. The number of carbonyl (C=O) groups excluding carboxylic acids is 2. The molecule has 1 aliphatic heterocycles. The summed E-state index contributed by atoms with van der Waals surface area (Å²) in [7, 11) is 0. The maximum Gasteiger partial charge on any atom is 0.416 e. The molecule has 0 bridgehead atoms. The number of halogens is 4. The minimum atomic E-state index is -4.55.